The average Bonchev–Trinajstić information content (AvgIpc) is 3.47. The monoisotopic (exact) mass is 623 g/mol. The molecule has 1 atom stereocenters. The first-order chi connectivity index (χ1) is 20.5. The van der Waals surface area contributed by atoms with Crippen molar-refractivity contribution < 1.29 is 18.0 Å². The van der Waals surface area contributed by atoms with Crippen molar-refractivity contribution in [3.05, 3.63) is 100 Å². The van der Waals surface area contributed by atoms with Crippen molar-refractivity contribution >= 4 is 39.1 Å². The number of carbonyl (C=O) groups is 2. The van der Waals surface area contributed by atoms with E-state index >= 15 is 0 Å². The fourth-order valence-corrected chi connectivity index (χ4v) is 6.95. The summed E-state index contributed by atoms with van der Waals surface area (Å²) in [4.78, 5) is 29.5. The summed E-state index contributed by atoms with van der Waals surface area (Å²) in [5, 5.41) is 3.77. The van der Waals surface area contributed by atoms with E-state index < -0.39 is 16.1 Å². The minimum atomic E-state index is -3.58. The van der Waals surface area contributed by atoms with Crippen LogP contribution in [0.2, 0.25) is 5.02 Å². The van der Waals surface area contributed by atoms with Gasteiger partial charge in [-0.1, -0.05) is 79.0 Å². The fourth-order valence-electron chi connectivity index (χ4n) is 5.72. The molecule has 0 radical (unpaired) electrons. The zero-order valence-electron chi connectivity index (χ0n) is 25.3. The quantitative estimate of drug-likeness (QED) is 0.246. The molecule has 9 heteroatoms. The van der Waals surface area contributed by atoms with Crippen molar-refractivity contribution in [3.8, 4) is 0 Å². The van der Waals surface area contributed by atoms with Crippen LogP contribution in [-0.4, -0.2) is 50.0 Å². The highest BCUT2D eigenvalue weighted by molar-refractivity contribution is 7.92. The molecule has 0 unspecified atom stereocenters. The highest BCUT2D eigenvalue weighted by Gasteiger charge is 2.32. The van der Waals surface area contributed by atoms with E-state index in [2.05, 4.69) is 5.32 Å². The third-order valence-electron chi connectivity index (χ3n) is 8.00. The highest BCUT2D eigenvalue weighted by atomic mass is 35.5. The van der Waals surface area contributed by atoms with Gasteiger partial charge in [0.1, 0.15) is 6.04 Å². The van der Waals surface area contributed by atoms with Crippen molar-refractivity contribution in [2.75, 3.05) is 17.1 Å². The number of nitrogens with one attached hydrogen (secondary N) is 1. The Labute approximate surface area is 261 Å². The van der Waals surface area contributed by atoms with Crippen molar-refractivity contribution in [1.82, 2.24) is 10.2 Å². The van der Waals surface area contributed by atoms with Crippen molar-refractivity contribution in [2.45, 2.75) is 77.4 Å². The fraction of sp³-hybridized carbons (Fsp3) is 0.412. The number of aryl methyl sites for hydroxylation is 2. The van der Waals surface area contributed by atoms with Gasteiger partial charge < -0.3 is 10.2 Å². The Morgan fingerprint density at radius 3 is 2.33 bits per heavy atom. The summed E-state index contributed by atoms with van der Waals surface area (Å²) in [5.41, 5.74) is 4.19. The van der Waals surface area contributed by atoms with Crippen LogP contribution in [0.4, 0.5) is 5.69 Å². The number of hydrogen-bond donors (Lipinski definition) is 1. The normalized spacial score (nSPS) is 14.3. The Hall–Kier alpha value is -3.36. The van der Waals surface area contributed by atoms with Gasteiger partial charge in [-0.3, -0.25) is 13.9 Å². The summed E-state index contributed by atoms with van der Waals surface area (Å²) >= 11 is 6.29. The Kier molecular flexibility index (Phi) is 11.3. The molecule has 1 aliphatic carbocycles. The third kappa shape index (κ3) is 9.31. The zero-order chi connectivity index (χ0) is 31.0. The number of halogens is 1. The van der Waals surface area contributed by atoms with Gasteiger partial charge in [-0.05, 0) is 73.6 Å². The molecule has 1 N–H and O–H groups in total. The summed E-state index contributed by atoms with van der Waals surface area (Å²) in [5.74, 6) is -0.379. The lowest BCUT2D eigenvalue weighted by Gasteiger charge is -2.33. The molecule has 4 rings (SSSR count). The second-order valence-electron chi connectivity index (χ2n) is 11.6. The molecule has 7 nitrogen and oxygen atoms in total. The number of carbonyl (C=O) groups excluding carboxylic acids is 2. The van der Waals surface area contributed by atoms with E-state index in [0.717, 1.165) is 47.9 Å². The van der Waals surface area contributed by atoms with E-state index in [9.17, 15) is 18.0 Å². The summed E-state index contributed by atoms with van der Waals surface area (Å²) in [6, 6.07) is 22.1. The highest BCUT2D eigenvalue weighted by Crippen LogP contribution is 2.25. The molecule has 0 aromatic heterocycles. The number of rotatable bonds is 13. The molecule has 3 aromatic rings. The van der Waals surface area contributed by atoms with Crippen LogP contribution < -0.4 is 9.62 Å². The summed E-state index contributed by atoms with van der Waals surface area (Å²) in [7, 11) is -3.58. The maximum Gasteiger partial charge on any atom is 0.243 e. The average molecular weight is 624 g/mol. The molecule has 1 saturated carbocycles. The first kappa shape index (κ1) is 32.6. The van der Waals surface area contributed by atoms with Crippen molar-refractivity contribution in [1.29, 1.82) is 0 Å². The van der Waals surface area contributed by atoms with Crippen LogP contribution in [0.5, 0.6) is 0 Å². The predicted molar refractivity (Wildman–Crippen MR) is 174 cm³/mol. The lowest BCUT2D eigenvalue weighted by Crippen LogP contribution is -2.52. The van der Waals surface area contributed by atoms with E-state index in [-0.39, 0.29) is 37.4 Å². The molecule has 0 saturated heterocycles. The topological polar surface area (TPSA) is 86.8 Å². The van der Waals surface area contributed by atoms with Gasteiger partial charge in [-0.25, -0.2) is 8.42 Å². The lowest BCUT2D eigenvalue weighted by atomic mass is 10.0. The predicted octanol–water partition coefficient (Wildman–Crippen LogP) is 6.20. The Morgan fingerprint density at radius 2 is 1.65 bits per heavy atom. The van der Waals surface area contributed by atoms with Gasteiger partial charge in [0.15, 0.2) is 0 Å². The smallest absolute Gasteiger partial charge is 0.243 e. The number of nitrogens with zero attached hydrogens (tertiary/aromatic N) is 2. The molecular formula is C34H42ClN3O4S. The molecule has 1 fully saturated rings. The number of sulfonamides is 1. The molecule has 230 valence electrons. The first-order valence-electron chi connectivity index (χ1n) is 14.9. The van der Waals surface area contributed by atoms with Crippen LogP contribution in [0.25, 0.3) is 0 Å². The van der Waals surface area contributed by atoms with Gasteiger partial charge in [0.25, 0.3) is 0 Å². The minimum absolute atomic E-state index is 0.0828. The van der Waals surface area contributed by atoms with Gasteiger partial charge >= 0.3 is 0 Å². The van der Waals surface area contributed by atoms with E-state index in [0.29, 0.717) is 23.6 Å². The molecule has 43 heavy (non-hydrogen) atoms. The zero-order valence-corrected chi connectivity index (χ0v) is 26.8. The third-order valence-corrected chi connectivity index (χ3v) is 9.42. The van der Waals surface area contributed by atoms with Gasteiger partial charge in [0, 0.05) is 37.0 Å². The number of amides is 2. The number of benzene rings is 3. The van der Waals surface area contributed by atoms with Gasteiger partial charge in [-0.15, -0.1) is 0 Å². The number of anilines is 1. The molecule has 0 spiro atoms. The van der Waals surface area contributed by atoms with Gasteiger partial charge in [0.05, 0.1) is 11.9 Å². The Morgan fingerprint density at radius 1 is 0.953 bits per heavy atom. The van der Waals surface area contributed by atoms with Crippen molar-refractivity contribution in [3.63, 3.8) is 0 Å². The van der Waals surface area contributed by atoms with Gasteiger partial charge in [0.2, 0.25) is 21.8 Å². The van der Waals surface area contributed by atoms with Crippen LogP contribution in [-0.2, 0) is 32.6 Å². The standard InChI is InChI=1S/C34H42ClN3O4S/c1-25-18-19-26(2)31(21-25)38(43(3,41)42)20-10-17-33(39)37(24-28-13-9-14-29(35)22-28)32(23-27-11-5-4-6-12-27)34(40)36-30-15-7-8-16-30/h4-6,9,11-14,18-19,21-22,30,32H,7-8,10,15-17,20,23-24H2,1-3H3,(H,36,40)/t32-/m1/s1. The maximum atomic E-state index is 14.0. The minimum Gasteiger partial charge on any atom is -0.352 e. The van der Waals surface area contributed by atoms with E-state index in [4.69, 9.17) is 11.6 Å². The Bertz CT molecular complexity index is 1510. The van der Waals surface area contributed by atoms with Crippen LogP contribution >= 0.6 is 11.6 Å². The van der Waals surface area contributed by atoms with E-state index in [1.54, 1.807) is 11.0 Å². The first-order valence-corrected chi connectivity index (χ1v) is 17.2. The van der Waals surface area contributed by atoms with Crippen LogP contribution in [0, 0.1) is 13.8 Å². The number of hydrogen-bond acceptors (Lipinski definition) is 4. The van der Waals surface area contributed by atoms with Crippen LogP contribution in [0.3, 0.4) is 0 Å². The molecule has 0 bridgehead atoms. The van der Waals surface area contributed by atoms with Crippen molar-refractivity contribution in [2.24, 2.45) is 0 Å². The maximum absolute atomic E-state index is 14.0. The summed E-state index contributed by atoms with van der Waals surface area (Å²) in [6.07, 6.45) is 5.97. The molecule has 1 aliphatic rings. The molecule has 0 aliphatic heterocycles. The summed E-state index contributed by atoms with van der Waals surface area (Å²) in [6.45, 7) is 4.16. The molecular weight excluding hydrogens is 582 g/mol. The Balaban J connectivity index is 1.60. The van der Waals surface area contributed by atoms with Crippen LogP contribution in [0.1, 0.15) is 60.8 Å². The molecule has 3 aromatic carbocycles. The second kappa shape index (κ2) is 14.9. The van der Waals surface area contributed by atoms with E-state index in [1.165, 1.54) is 10.6 Å². The second-order valence-corrected chi connectivity index (χ2v) is 13.9. The SMILES string of the molecule is Cc1ccc(C)c(N(CCCC(=O)N(Cc2cccc(Cl)c2)[C@H](Cc2ccccc2)C(=O)NC2CCCC2)S(C)(=O)=O)c1. The molecule has 0 heterocycles. The largest absolute Gasteiger partial charge is 0.352 e. The van der Waals surface area contributed by atoms with E-state index in [1.807, 2.05) is 80.6 Å². The lowest BCUT2D eigenvalue weighted by molar-refractivity contribution is -0.141. The van der Waals surface area contributed by atoms with Crippen LogP contribution in [0.15, 0.2) is 72.8 Å². The summed E-state index contributed by atoms with van der Waals surface area (Å²) < 4.78 is 27.0. The molecule has 2 amide bonds. The van der Waals surface area contributed by atoms with Gasteiger partial charge in [-0.2, -0.15) is 0 Å².